The van der Waals surface area contributed by atoms with Gasteiger partial charge < -0.3 is 10.2 Å². The van der Waals surface area contributed by atoms with E-state index in [-0.39, 0.29) is 18.0 Å². The molecule has 0 aliphatic carbocycles. The minimum absolute atomic E-state index is 0.201. The van der Waals surface area contributed by atoms with E-state index in [1.165, 1.54) is 10.7 Å². The van der Waals surface area contributed by atoms with Crippen molar-refractivity contribution in [1.82, 2.24) is 30.2 Å². The molecule has 1 aliphatic heterocycles. The summed E-state index contributed by atoms with van der Waals surface area (Å²) in [7, 11) is 2.02. The number of nitrogens with zero attached hydrogens (tertiary/aromatic N) is 4. The maximum atomic E-state index is 12.5. The van der Waals surface area contributed by atoms with Crippen LogP contribution in [0.1, 0.15) is 21.7 Å². The highest BCUT2D eigenvalue weighted by atomic mass is 16.2. The van der Waals surface area contributed by atoms with Crippen LogP contribution in [0.2, 0.25) is 0 Å². The molecule has 0 saturated heterocycles. The zero-order valence-corrected chi connectivity index (χ0v) is 15.7. The van der Waals surface area contributed by atoms with Crippen molar-refractivity contribution in [1.29, 1.82) is 0 Å². The summed E-state index contributed by atoms with van der Waals surface area (Å²) >= 11 is 0. The van der Waals surface area contributed by atoms with Gasteiger partial charge in [0.25, 0.3) is 11.5 Å². The molecule has 8 nitrogen and oxygen atoms in total. The Bertz CT molecular complexity index is 1040. The average molecular weight is 378 g/mol. The predicted octanol–water partition coefficient (Wildman–Crippen LogP) is 1.05. The number of H-pyrrole nitrogens is 1. The number of benzene rings is 1. The summed E-state index contributed by atoms with van der Waals surface area (Å²) in [6.07, 6.45) is 0.859. The number of hydrogen-bond donors (Lipinski definition) is 2. The third-order valence-corrected chi connectivity index (χ3v) is 4.88. The summed E-state index contributed by atoms with van der Waals surface area (Å²) in [6, 6.07) is 12.9. The molecule has 2 N–H and O–H groups in total. The molecule has 4 rings (SSSR count). The highest BCUT2D eigenvalue weighted by Crippen LogP contribution is 2.19. The molecule has 1 amide bonds. The number of rotatable bonds is 5. The summed E-state index contributed by atoms with van der Waals surface area (Å²) in [6.45, 7) is 2.23. The molecule has 0 fully saturated rings. The van der Waals surface area contributed by atoms with Gasteiger partial charge in [-0.25, -0.2) is 4.68 Å². The zero-order valence-electron chi connectivity index (χ0n) is 15.7. The number of carbonyl (C=O) groups excluding carboxylic acids is 1. The van der Waals surface area contributed by atoms with Crippen LogP contribution in [0.5, 0.6) is 0 Å². The largest absolute Gasteiger partial charge is 0.349 e. The molecule has 8 heteroatoms. The van der Waals surface area contributed by atoms with E-state index in [0.29, 0.717) is 18.8 Å². The number of nitrogens with one attached hydrogen (secondary N) is 2. The fourth-order valence-electron chi connectivity index (χ4n) is 3.35. The molecule has 0 spiro atoms. The fraction of sp³-hybridized carbons (Fsp3) is 0.300. The summed E-state index contributed by atoms with van der Waals surface area (Å²) in [5, 5.41) is 14.4. The Morgan fingerprint density at radius 3 is 2.86 bits per heavy atom. The molecule has 0 saturated carbocycles. The first-order valence-corrected chi connectivity index (χ1v) is 9.28. The van der Waals surface area contributed by atoms with Crippen molar-refractivity contribution in [2.45, 2.75) is 19.5 Å². The van der Waals surface area contributed by atoms with Crippen molar-refractivity contribution >= 4 is 5.91 Å². The fourth-order valence-corrected chi connectivity index (χ4v) is 3.35. The van der Waals surface area contributed by atoms with E-state index in [0.717, 1.165) is 35.5 Å². The normalized spacial score (nSPS) is 13.9. The topological polar surface area (TPSA) is 95.9 Å². The van der Waals surface area contributed by atoms with E-state index in [2.05, 4.69) is 25.5 Å². The van der Waals surface area contributed by atoms with Crippen LogP contribution < -0.4 is 10.9 Å². The number of carbonyl (C=O) groups is 1. The first-order chi connectivity index (χ1) is 13.6. The van der Waals surface area contributed by atoms with E-state index < -0.39 is 0 Å². The van der Waals surface area contributed by atoms with Crippen LogP contribution >= 0.6 is 0 Å². The maximum absolute atomic E-state index is 12.5. The van der Waals surface area contributed by atoms with E-state index in [1.807, 2.05) is 37.4 Å². The van der Waals surface area contributed by atoms with Crippen LogP contribution in [0.4, 0.5) is 0 Å². The maximum Gasteiger partial charge on any atom is 0.272 e. The smallest absolute Gasteiger partial charge is 0.272 e. The van der Waals surface area contributed by atoms with Gasteiger partial charge in [-0.05, 0) is 13.1 Å². The average Bonchev–Trinajstić information content (AvgIpc) is 3.13. The Hall–Kier alpha value is -3.26. The van der Waals surface area contributed by atoms with Gasteiger partial charge in [0.2, 0.25) is 0 Å². The van der Waals surface area contributed by atoms with Crippen molar-refractivity contribution in [2.24, 2.45) is 0 Å². The quantitative estimate of drug-likeness (QED) is 0.692. The van der Waals surface area contributed by atoms with Gasteiger partial charge in [0.1, 0.15) is 0 Å². The van der Waals surface area contributed by atoms with E-state index in [9.17, 15) is 9.59 Å². The molecule has 0 radical (unpaired) electrons. The summed E-state index contributed by atoms with van der Waals surface area (Å²) < 4.78 is 1.37. The molecule has 3 heterocycles. The Labute approximate surface area is 162 Å². The summed E-state index contributed by atoms with van der Waals surface area (Å²) in [5.41, 5.74) is 3.86. The van der Waals surface area contributed by atoms with Gasteiger partial charge in [0.05, 0.1) is 12.2 Å². The second kappa shape index (κ2) is 7.77. The van der Waals surface area contributed by atoms with E-state index in [4.69, 9.17) is 0 Å². The zero-order chi connectivity index (χ0) is 19.5. The van der Waals surface area contributed by atoms with Gasteiger partial charge in [-0.3, -0.25) is 14.7 Å². The van der Waals surface area contributed by atoms with Gasteiger partial charge >= 0.3 is 0 Å². The minimum Gasteiger partial charge on any atom is -0.349 e. The second-order valence-electron chi connectivity index (χ2n) is 6.92. The predicted molar refractivity (Wildman–Crippen MR) is 105 cm³/mol. The molecular weight excluding hydrogens is 356 g/mol. The van der Waals surface area contributed by atoms with Crippen molar-refractivity contribution in [2.75, 3.05) is 20.1 Å². The SMILES string of the molecule is CN1CCc2[nH]nc(C(=O)NCCn3nc(-c4ccccc4)ccc3=O)c2C1. The molecule has 0 unspecified atom stereocenters. The molecule has 144 valence electrons. The molecule has 1 aliphatic rings. The standard InChI is InChI=1S/C20H22N6O2/c1-25-11-9-17-15(13-25)19(23-22-17)20(28)21-10-12-26-18(27)8-7-16(24-26)14-5-3-2-4-6-14/h2-8H,9-13H2,1H3,(H,21,28)(H,22,23). The Morgan fingerprint density at radius 2 is 2.04 bits per heavy atom. The summed E-state index contributed by atoms with van der Waals surface area (Å²) in [5.74, 6) is -0.236. The lowest BCUT2D eigenvalue weighted by Gasteiger charge is -2.22. The van der Waals surface area contributed by atoms with Gasteiger partial charge in [0.15, 0.2) is 5.69 Å². The Kier molecular flexibility index (Phi) is 5.03. The van der Waals surface area contributed by atoms with Crippen LogP contribution in [0.25, 0.3) is 11.3 Å². The molecule has 3 aromatic rings. The minimum atomic E-state index is -0.236. The third-order valence-electron chi connectivity index (χ3n) is 4.88. The first-order valence-electron chi connectivity index (χ1n) is 9.28. The van der Waals surface area contributed by atoms with Crippen LogP contribution in [0.15, 0.2) is 47.3 Å². The highest BCUT2D eigenvalue weighted by molar-refractivity contribution is 5.94. The van der Waals surface area contributed by atoms with E-state index in [1.54, 1.807) is 6.07 Å². The molecule has 1 aromatic carbocycles. The van der Waals surface area contributed by atoms with Crippen LogP contribution in [0.3, 0.4) is 0 Å². The number of likely N-dealkylation sites (N-methyl/N-ethyl adjacent to an activating group) is 1. The Balaban J connectivity index is 1.42. The monoisotopic (exact) mass is 378 g/mol. The van der Waals surface area contributed by atoms with Gasteiger partial charge in [0, 0.05) is 48.9 Å². The third kappa shape index (κ3) is 3.72. The van der Waals surface area contributed by atoms with Crippen molar-refractivity contribution in [3.8, 4) is 11.3 Å². The van der Waals surface area contributed by atoms with Crippen LogP contribution in [-0.4, -0.2) is 50.9 Å². The van der Waals surface area contributed by atoms with Gasteiger partial charge in [-0.1, -0.05) is 30.3 Å². The van der Waals surface area contributed by atoms with E-state index >= 15 is 0 Å². The number of fused-ring (bicyclic) bond motifs is 1. The Morgan fingerprint density at radius 1 is 1.21 bits per heavy atom. The molecule has 2 aromatic heterocycles. The van der Waals surface area contributed by atoms with Crippen molar-refractivity contribution < 1.29 is 4.79 Å². The summed E-state index contributed by atoms with van der Waals surface area (Å²) in [4.78, 5) is 26.8. The molecule has 0 atom stereocenters. The lowest BCUT2D eigenvalue weighted by Crippen LogP contribution is -2.33. The second-order valence-corrected chi connectivity index (χ2v) is 6.92. The van der Waals surface area contributed by atoms with Crippen LogP contribution in [-0.2, 0) is 19.5 Å². The molecular formula is C20H22N6O2. The first kappa shape index (κ1) is 18.1. The van der Waals surface area contributed by atoms with Crippen molar-refractivity contribution in [3.63, 3.8) is 0 Å². The number of amides is 1. The lowest BCUT2D eigenvalue weighted by atomic mass is 10.1. The molecule has 28 heavy (non-hydrogen) atoms. The van der Waals surface area contributed by atoms with Crippen molar-refractivity contribution in [3.05, 3.63) is 69.8 Å². The number of hydrogen-bond acceptors (Lipinski definition) is 5. The van der Waals surface area contributed by atoms with Crippen LogP contribution in [0, 0.1) is 0 Å². The molecule has 0 bridgehead atoms. The van der Waals surface area contributed by atoms with Gasteiger partial charge in [-0.15, -0.1) is 0 Å². The van der Waals surface area contributed by atoms with Gasteiger partial charge in [-0.2, -0.15) is 10.2 Å². The highest BCUT2D eigenvalue weighted by Gasteiger charge is 2.23. The number of aromatic nitrogens is 4. The number of aromatic amines is 1. The lowest BCUT2D eigenvalue weighted by molar-refractivity contribution is 0.0944.